The van der Waals surface area contributed by atoms with Crippen molar-refractivity contribution < 1.29 is 13.6 Å². The Morgan fingerprint density at radius 2 is 2.00 bits per heavy atom. The molecular weight excluding hydrogens is 290 g/mol. The molecule has 1 aromatic heterocycles. The fraction of sp³-hybridized carbons (Fsp3) is 0.267. The van der Waals surface area contributed by atoms with Crippen molar-refractivity contribution in [3.05, 3.63) is 47.4 Å². The van der Waals surface area contributed by atoms with Crippen molar-refractivity contribution in [2.24, 2.45) is 0 Å². The van der Waals surface area contributed by atoms with Crippen LogP contribution in [0, 0.1) is 18.6 Å². The Hall–Kier alpha value is -2.57. The Morgan fingerprint density at radius 3 is 2.68 bits per heavy atom. The van der Waals surface area contributed by atoms with Crippen molar-refractivity contribution >= 4 is 17.4 Å². The maximum Gasteiger partial charge on any atom is 0.270 e. The first-order chi connectivity index (χ1) is 10.5. The quantitative estimate of drug-likeness (QED) is 0.911. The van der Waals surface area contributed by atoms with Gasteiger partial charge < -0.3 is 10.6 Å². The summed E-state index contributed by atoms with van der Waals surface area (Å²) >= 11 is 0. The summed E-state index contributed by atoms with van der Waals surface area (Å²) in [6.07, 6.45) is 1.95. The molecule has 0 atom stereocenters. The number of hydrogen-bond donors (Lipinski definition) is 2. The van der Waals surface area contributed by atoms with E-state index in [-0.39, 0.29) is 29.1 Å². The van der Waals surface area contributed by atoms with Crippen molar-refractivity contribution in [1.29, 1.82) is 0 Å². The molecule has 0 saturated heterocycles. The molecule has 1 fully saturated rings. The molecule has 114 valence electrons. The van der Waals surface area contributed by atoms with Crippen LogP contribution in [0.25, 0.3) is 0 Å². The van der Waals surface area contributed by atoms with Gasteiger partial charge in [0.1, 0.15) is 29.0 Å². The standard InChI is InChI=1S/C15H14F2N4O/c1-8-18-13(15(22)20-10-3-4-10)7-14(19-8)21-12-5-2-9(16)6-11(12)17/h2,5-7,10H,3-4H2,1H3,(H,20,22)(H,18,19,21). The zero-order valence-corrected chi connectivity index (χ0v) is 11.9. The molecule has 0 spiro atoms. The minimum Gasteiger partial charge on any atom is -0.348 e. The van der Waals surface area contributed by atoms with E-state index >= 15 is 0 Å². The minimum absolute atomic E-state index is 0.0769. The van der Waals surface area contributed by atoms with E-state index < -0.39 is 11.6 Å². The smallest absolute Gasteiger partial charge is 0.270 e. The van der Waals surface area contributed by atoms with Crippen molar-refractivity contribution in [1.82, 2.24) is 15.3 Å². The molecule has 22 heavy (non-hydrogen) atoms. The van der Waals surface area contributed by atoms with E-state index in [1.165, 1.54) is 12.1 Å². The van der Waals surface area contributed by atoms with Gasteiger partial charge in [-0.15, -0.1) is 0 Å². The molecule has 2 N–H and O–H groups in total. The second-order valence-electron chi connectivity index (χ2n) is 5.18. The van der Waals surface area contributed by atoms with E-state index in [4.69, 9.17) is 0 Å². The number of carbonyl (C=O) groups is 1. The molecule has 1 amide bonds. The summed E-state index contributed by atoms with van der Waals surface area (Å²) in [6, 6.07) is 4.84. The van der Waals surface area contributed by atoms with E-state index in [1.807, 2.05) is 0 Å². The summed E-state index contributed by atoms with van der Waals surface area (Å²) in [4.78, 5) is 20.2. The van der Waals surface area contributed by atoms with Gasteiger partial charge in [-0.1, -0.05) is 0 Å². The Kier molecular flexibility index (Phi) is 3.70. The minimum atomic E-state index is -0.736. The number of carbonyl (C=O) groups excluding carboxylic acids is 1. The van der Waals surface area contributed by atoms with Crippen LogP contribution in [0.4, 0.5) is 20.3 Å². The Bertz CT molecular complexity index is 731. The molecular formula is C15H14F2N4O. The number of nitrogens with zero attached hydrogens (tertiary/aromatic N) is 2. The van der Waals surface area contributed by atoms with E-state index in [0.29, 0.717) is 5.82 Å². The van der Waals surface area contributed by atoms with Crippen LogP contribution in [-0.4, -0.2) is 21.9 Å². The van der Waals surface area contributed by atoms with Gasteiger partial charge in [0.25, 0.3) is 5.91 Å². The molecule has 5 nitrogen and oxygen atoms in total. The van der Waals surface area contributed by atoms with E-state index in [9.17, 15) is 13.6 Å². The van der Waals surface area contributed by atoms with Crippen LogP contribution in [0.3, 0.4) is 0 Å². The van der Waals surface area contributed by atoms with E-state index in [0.717, 1.165) is 25.0 Å². The summed E-state index contributed by atoms with van der Waals surface area (Å²) < 4.78 is 26.6. The Morgan fingerprint density at radius 1 is 1.23 bits per heavy atom. The number of halogens is 2. The first-order valence-corrected chi connectivity index (χ1v) is 6.90. The average molecular weight is 304 g/mol. The Labute approximate surface area is 125 Å². The first-order valence-electron chi connectivity index (χ1n) is 6.90. The zero-order chi connectivity index (χ0) is 15.7. The monoisotopic (exact) mass is 304 g/mol. The van der Waals surface area contributed by atoms with Crippen LogP contribution in [-0.2, 0) is 0 Å². The third-order valence-corrected chi connectivity index (χ3v) is 3.18. The predicted molar refractivity (Wildman–Crippen MR) is 76.9 cm³/mol. The van der Waals surface area contributed by atoms with Crippen LogP contribution >= 0.6 is 0 Å². The highest BCUT2D eigenvalue weighted by molar-refractivity contribution is 5.93. The molecule has 1 heterocycles. The molecule has 7 heteroatoms. The van der Waals surface area contributed by atoms with Crippen LogP contribution in [0.15, 0.2) is 24.3 Å². The molecule has 3 rings (SSSR count). The number of nitrogens with one attached hydrogen (secondary N) is 2. The van der Waals surface area contributed by atoms with Crippen molar-refractivity contribution in [3.63, 3.8) is 0 Å². The van der Waals surface area contributed by atoms with Gasteiger partial charge in [0, 0.05) is 18.2 Å². The molecule has 1 aliphatic rings. The number of aryl methyl sites for hydroxylation is 1. The summed E-state index contributed by atoms with van der Waals surface area (Å²) in [7, 11) is 0. The molecule has 1 aliphatic carbocycles. The summed E-state index contributed by atoms with van der Waals surface area (Å²) in [5.41, 5.74) is 0.289. The first kappa shape index (κ1) is 14.4. The van der Waals surface area contributed by atoms with Gasteiger partial charge in [0.05, 0.1) is 5.69 Å². The highest BCUT2D eigenvalue weighted by Crippen LogP contribution is 2.21. The maximum atomic E-state index is 13.7. The van der Waals surface area contributed by atoms with Gasteiger partial charge in [-0.3, -0.25) is 4.79 Å². The maximum absolute atomic E-state index is 13.7. The highest BCUT2D eigenvalue weighted by Gasteiger charge is 2.24. The van der Waals surface area contributed by atoms with Gasteiger partial charge in [-0.2, -0.15) is 0 Å². The zero-order valence-electron chi connectivity index (χ0n) is 11.9. The second kappa shape index (κ2) is 5.67. The van der Waals surface area contributed by atoms with Crippen LogP contribution in [0.5, 0.6) is 0 Å². The average Bonchev–Trinajstić information content (AvgIpc) is 3.25. The predicted octanol–water partition coefficient (Wildman–Crippen LogP) is 2.70. The van der Waals surface area contributed by atoms with Gasteiger partial charge in [-0.05, 0) is 31.9 Å². The lowest BCUT2D eigenvalue weighted by Gasteiger charge is -2.09. The molecule has 0 bridgehead atoms. The Balaban J connectivity index is 1.83. The van der Waals surface area contributed by atoms with Crippen molar-refractivity contribution in [2.75, 3.05) is 5.32 Å². The van der Waals surface area contributed by atoms with Crippen LogP contribution in [0.1, 0.15) is 29.2 Å². The molecule has 1 saturated carbocycles. The fourth-order valence-electron chi connectivity index (χ4n) is 1.96. The van der Waals surface area contributed by atoms with Gasteiger partial charge in [-0.25, -0.2) is 18.7 Å². The van der Waals surface area contributed by atoms with E-state index in [1.54, 1.807) is 6.92 Å². The molecule has 2 aromatic rings. The number of hydrogen-bond acceptors (Lipinski definition) is 4. The molecule has 0 unspecified atom stereocenters. The number of anilines is 2. The fourth-order valence-corrected chi connectivity index (χ4v) is 1.96. The SMILES string of the molecule is Cc1nc(Nc2ccc(F)cc2F)cc(C(=O)NC2CC2)n1. The molecule has 0 radical (unpaired) electrons. The lowest BCUT2D eigenvalue weighted by molar-refractivity contribution is 0.0945. The third kappa shape index (κ3) is 3.36. The number of rotatable bonds is 4. The summed E-state index contributed by atoms with van der Waals surface area (Å²) in [5.74, 6) is -1.02. The largest absolute Gasteiger partial charge is 0.348 e. The number of amides is 1. The van der Waals surface area contributed by atoms with Crippen molar-refractivity contribution in [2.45, 2.75) is 25.8 Å². The lowest BCUT2D eigenvalue weighted by Crippen LogP contribution is -2.26. The van der Waals surface area contributed by atoms with Gasteiger partial charge >= 0.3 is 0 Å². The summed E-state index contributed by atoms with van der Waals surface area (Å²) in [6.45, 7) is 1.64. The van der Waals surface area contributed by atoms with Crippen molar-refractivity contribution in [3.8, 4) is 0 Å². The van der Waals surface area contributed by atoms with Gasteiger partial charge in [0.2, 0.25) is 0 Å². The van der Waals surface area contributed by atoms with Gasteiger partial charge in [0.15, 0.2) is 0 Å². The molecule has 0 aliphatic heterocycles. The van der Waals surface area contributed by atoms with Crippen LogP contribution in [0.2, 0.25) is 0 Å². The number of aromatic nitrogens is 2. The second-order valence-corrected chi connectivity index (χ2v) is 5.18. The number of benzene rings is 1. The highest BCUT2D eigenvalue weighted by atomic mass is 19.1. The lowest BCUT2D eigenvalue weighted by atomic mass is 10.3. The topological polar surface area (TPSA) is 66.9 Å². The van der Waals surface area contributed by atoms with E-state index in [2.05, 4.69) is 20.6 Å². The normalized spacial score (nSPS) is 13.8. The third-order valence-electron chi connectivity index (χ3n) is 3.18. The molecule has 1 aromatic carbocycles. The van der Waals surface area contributed by atoms with Crippen LogP contribution < -0.4 is 10.6 Å². The summed E-state index contributed by atoms with van der Waals surface area (Å²) in [5, 5.41) is 5.56.